The zero-order valence-electron chi connectivity index (χ0n) is 3.76. The average molecular weight is 105 g/mol. The summed E-state index contributed by atoms with van der Waals surface area (Å²) in [5.74, 6) is -0.968. The van der Waals surface area contributed by atoms with Crippen LogP contribution in [-0.2, 0) is 9.59 Å². The van der Waals surface area contributed by atoms with Crippen molar-refractivity contribution >= 4 is 12.8 Å². The number of rotatable bonds is 1. The molecule has 0 saturated carbocycles. The Bertz CT molecular complexity index is 54.1. The number of aliphatic carboxylic acids is 1. The van der Waals surface area contributed by atoms with E-state index in [0.29, 0.717) is 0 Å². The molecule has 0 atom stereocenters. The first kappa shape index (κ1) is 9.44. The summed E-state index contributed by atoms with van der Waals surface area (Å²) in [6, 6.07) is 0. The van der Waals surface area contributed by atoms with Gasteiger partial charge in [0.05, 0.1) is 6.54 Å². The minimum atomic E-state index is -0.968. The number of hydrogen-bond acceptors (Lipinski definition) is 3. The Morgan fingerprint density at radius 2 is 1.86 bits per heavy atom. The molecule has 0 bridgehead atoms. The molecule has 0 aliphatic rings. The van der Waals surface area contributed by atoms with Gasteiger partial charge in [0.25, 0.3) is 0 Å². The van der Waals surface area contributed by atoms with E-state index in [1.807, 2.05) is 6.79 Å². The van der Waals surface area contributed by atoms with Crippen LogP contribution < -0.4 is 5.73 Å². The van der Waals surface area contributed by atoms with E-state index < -0.39 is 5.97 Å². The second-order valence-electron chi connectivity index (χ2n) is 0.598. The monoisotopic (exact) mass is 105 g/mol. The number of carbonyl (C=O) groups is 2. The SMILES string of the molecule is C=O.NCC(=O)O. The standard InChI is InChI=1S/C2H5NO2.CH2O/c3-1-2(4)5;1-2/h1,3H2,(H,4,5);1H2. The highest BCUT2D eigenvalue weighted by atomic mass is 16.4. The molecule has 0 unspecified atom stereocenters. The molecule has 4 heteroatoms. The van der Waals surface area contributed by atoms with Crippen LogP contribution in [0.1, 0.15) is 0 Å². The first-order valence-corrected chi connectivity index (χ1v) is 1.48. The summed E-state index contributed by atoms with van der Waals surface area (Å²) in [5, 5.41) is 7.60. The summed E-state index contributed by atoms with van der Waals surface area (Å²) in [7, 11) is 0. The lowest BCUT2D eigenvalue weighted by molar-refractivity contribution is -0.135. The van der Waals surface area contributed by atoms with E-state index in [0.717, 1.165) is 0 Å². The zero-order chi connectivity index (χ0) is 6.28. The van der Waals surface area contributed by atoms with Crippen molar-refractivity contribution in [2.45, 2.75) is 0 Å². The van der Waals surface area contributed by atoms with Gasteiger partial charge in [-0.05, 0) is 0 Å². The van der Waals surface area contributed by atoms with Gasteiger partial charge in [-0.1, -0.05) is 0 Å². The normalized spacial score (nSPS) is 5.86. The second-order valence-corrected chi connectivity index (χ2v) is 0.598. The van der Waals surface area contributed by atoms with E-state index >= 15 is 0 Å². The third-order valence-electron chi connectivity index (χ3n) is 0.175. The first-order chi connectivity index (χ1) is 3.27. The highest BCUT2D eigenvalue weighted by Crippen LogP contribution is 1.43. The van der Waals surface area contributed by atoms with Gasteiger partial charge in [-0.25, -0.2) is 0 Å². The number of hydrogen-bond donors (Lipinski definition) is 2. The zero-order valence-corrected chi connectivity index (χ0v) is 3.76. The maximum absolute atomic E-state index is 9.24. The van der Waals surface area contributed by atoms with Crippen molar-refractivity contribution < 1.29 is 14.7 Å². The van der Waals surface area contributed by atoms with Gasteiger partial charge < -0.3 is 15.6 Å². The van der Waals surface area contributed by atoms with Gasteiger partial charge in [0.1, 0.15) is 6.79 Å². The molecule has 0 aromatic carbocycles. The highest BCUT2D eigenvalue weighted by molar-refractivity contribution is 5.68. The molecule has 3 N–H and O–H groups in total. The Labute approximate surface area is 40.9 Å². The summed E-state index contributed by atoms with van der Waals surface area (Å²) in [4.78, 5) is 17.2. The molecule has 4 nitrogen and oxygen atoms in total. The summed E-state index contributed by atoms with van der Waals surface area (Å²) in [6.45, 7) is 1.72. The van der Waals surface area contributed by atoms with Crippen LogP contribution in [0.3, 0.4) is 0 Å². The van der Waals surface area contributed by atoms with Gasteiger partial charge in [0.2, 0.25) is 0 Å². The molecule has 0 fully saturated rings. The maximum atomic E-state index is 9.24. The fraction of sp³-hybridized carbons (Fsp3) is 0.333. The quantitative estimate of drug-likeness (QED) is 0.441. The van der Waals surface area contributed by atoms with Gasteiger partial charge in [-0.3, -0.25) is 4.79 Å². The fourth-order valence-corrected chi connectivity index (χ4v) is 0. The lowest BCUT2D eigenvalue weighted by Gasteiger charge is -1.73. The molecule has 0 spiro atoms. The van der Waals surface area contributed by atoms with Gasteiger partial charge in [-0.15, -0.1) is 0 Å². The Morgan fingerprint density at radius 3 is 1.86 bits per heavy atom. The number of carboxylic acids is 1. The Kier molecular flexibility index (Phi) is 12.0. The molecule has 0 amide bonds. The van der Waals surface area contributed by atoms with Crippen molar-refractivity contribution in [3.05, 3.63) is 0 Å². The van der Waals surface area contributed by atoms with Crippen LogP contribution >= 0.6 is 0 Å². The molecule has 42 valence electrons. The van der Waals surface area contributed by atoms with E-state index in [1.165, 1.54) is 0 Å². The Morgan fingerprint density at radius 1 is 1.71 bits per heavy atom. The minimum Gasteiger partial charge on any atom is -0.480 e. The number of carbonyl (C=O) groups excluding carboxylic acids is 1. The van der Waals surface area contributed by atoms with Crippen molar-refractivity contribution in [1.29, 1.82) is 0 Å². The van der Waals surface area contributed by atoms with Crippen LogP contribution in [0.25, 0.3) is 0 Å². The molecule has 0 radical (unpaired) electrons. The molecular weight excluding hydrogens is 98.0 g/mol. The van der Waals surface area contributed by atoms with E-state index in [4.69, 9.17) is 9.90 Å². The van der Waals surface area contributed by atoms with Gasteiger partial charge in [0.15, 0.2) is 0 Å². The molecule has 0 rings (SSSR count). The van der Waals surface area contributed by atoms with Crippen LogP contribution in [0.2, 0.25) is 0 Å². The summed E-state index contributed by atoms with van der Waals surface area (Å²) < 4.78 is 0. The van der Waals surface area contributed by atoms with Gasteiger partial charge in [0, 0.05) is 0 Å². The van der Waals surface area contributed by atoms with Crippen molar-refractivity contribution in [3.8, 4) is 0 Å². The lowest BCUT2D eigenvalue weighted by atomic mass is 10.7. The van der Waals surface area contributed by atoms with E-state index in [1.54, 1.807) is 0 Å². The Hall–Kier alpha value is -0.900. The molecule has 0 saturated heterocycles. The van der Waals surface area contributed by atoms with Crippen molar-refractivity contribution in [3.63, 3.8) is 0 Å². The maximum Gasteiger partial charge on any atom is 0.317 e. The third kappa shape index (κ3) is 40.5. The molecule has 0 aromatic heterocycles. The predicted molar refractivity (Wildman–Crippen MR) is 23.8 cm³/mol. The van der Waals surface area contributed by atoms with Crippen LogP contribution in [0.4, 0.5) is 0 Å². The van der Waals surface area contributed by atoms with E-state index in [2.05, 4.69) is 5.73 Å². The van der Waals surface area contributed by atoms with E-state index in [9.17, 15) is 4.79 Å². The lowest BCUT2D eigenvalue weighted by Crippen LogP contribution is -2.10. The van der Waals surface area contributed by atoms with Crippen LogP contribution in [0.15, 0.2) is 0 Å². The van der Waals surface area contributed by atoms with Crippen LogP contribution in [0.5, 0.6) is 0 Å². The largest absolute Gasteiger partial charge is 0.480 e. The Balaban J connectivity index is 0. The van der Waals surface area contributed by atoms with Crippen molar-refractivity contribution in [1.82, 2.24) is 0 Å². The molecule has 0 heterocycles. The molecule has 0 aliphatic carbocycles. The first-order valence-electron chi connectivity index (χ1n) is 1.48. The molecule has 0 aliphatic heterocycles. The topological polar surface area (TPSA) is 80.4 Å². The number of nitrogens with two attached hydrogens (primary N) is 1. The average Bonchev–Trinajstić information content (AvgIpc) is 1.73. The minimum absolute atomic E-state index is 0.278. The van der Waals surface area contributed by atoms with Crippen LogP contribution in [0, 0.1) is 0 Å². The van der Waals surface area contributed by atoms with Crippen LogP contribution in [-0.4, -0.2) is 24.4 Å². The van der Waals surface area contributed by atoms with Gasteiger partial charge >= 0.3 is 5.97 Å². The van der Waals surface area contributed by atoms with Crippen molar-refractivity contribution in [2.75, 3.05) is 6.54 Å². The van der Waals surface area contributed by atoms with Gasteiger partial charge in [-0.2, -0.15) is 0 Å². The van der Waals surface area contributed by atoms with E-state index in [-0.39, 0.29) is 6.54 Å². The molecule has 7 heavy (non-hydrogen) atoms. The fourth-order valence-electron chi connectivity index (χ4n) is 0. The van der Waals surface area contributed by atoms with Crippen molar-refractivity contribution in [2.24, 2.45) is 5.73 Å². The molecular formula is C3H7NO3. The molecule has 0 aromatic rings. The number of carboxylic acid groups (broad SMARTS) is 1. The third-order valence-corrected chi connectivity index (χ3v) is 0.175. The predicted octanol–water partition coefficient (Wildman–Crippen LogP) is -1.16. The summed E-state index contributed by atoms with van der Waals surface area (Å²) in [6.07, 6.45) is 0. The smallest absolute Gasteiger partial charge is 0.317 e. The highest BCUT2D eigenvalue weighted by Gasteiger charge is 1.81. The summed E-state index contributed by atoms with van der Waals surface area (Å²) in [5.41, 5.74) is 4.57. The second kappa shape index (κ2) is 8.92. The summed E-state index contributed by atoms with van der Waals surface area (Å²) >= 11 is 0.